The van der Waals surface area contributed by atoms with Gasteiger partial charge in [-0.2, -0.15) is 0 Å². The maximum atomic E-state index is 3.50. The number of nitrogens with one attached hydrogen (secondary N) is 1. The van der Waals surface area contributed by atoms with E-state index in [1.165, 1.54) is 12.8 Å². The van der Waals surface area contributed by atoms with Gasteiger partial charge in [0.25, 0.3) is 0 Å². The average Bonchev–Trinajstić information content (AvgIpc) is 2.15. The molecule has 0 amide bonds. The minimum atomic E-state index is 0.728. The molecule has 0 aromatic carbocycles. The summed E-state index contributed by atoms with van der Waals surface area (Å²) in [6, 6.07) is 0. The third-order valence-electron chi connectivity index (χ3n) is 2.52. The zero-order valence-electron chi connectivity index (χ0n) is 10.6. The van der Waals surface area contributed by atoms with Crippen LogP contribution in [0.1, 0.15) is 47.5 Å². The summed E-state index contributed by atoms with van der Waals surface area (Å²) in [5.74, 6) is 1.47. The van der Waals surface area contributed by atoms with E-state index in [1.807, 2.05) is 0 Å². The van der Waals surface area contributed by atoms with Crippen LogP contribution in [-0.4, -0.2) is 13.1 Å². The molecule has 0 heterocycles. The van der Waals surface area contributed by atoms with Crippen molar-refractivity contribution in [2.45, 2.75) is 47.5 Å². The highest BCUT2D eigenvalue weighted by Crippen LogP contribution is 2.09. The van der Waals surface area contributed by atoms with Gasteiger partial charge in [0.2, 0.25) is 0 Å². The lowest BCUT2D eigenvalue weighted by atomic mass is 10.0. The van der Waals surface area contributed by atoms with E-state index in [9.17, 15) is 0 Å². The van der Waals surface area contributed by atoms with E-state index in [4.69, 9.17) is 0 Å². The smallest absolute Gasteiger partial charge is 0.0164 e. The number of hydrogen-bond acceptors (Lipinski definition) is 1. The summed E-state index contributed by atoms with van der Waals surface area (Å²) in [5.41, 5.74) is 1.56. The predicted octanol–water partition coefficient (Wildman–Crippen LogP) is 3.61. The van der Waals surface area contributed by atoms with Crippen molar-refractivity contribution in [1.82, 2.24) is 5.32 Å². The Hall–Kier alpha value is -0.300. The second-order valence-electron chi connectivity index (χ2n) is 4.59. The maximum Gasteiger partial charge on any atom is 0.0164 e. The topological polar surface area (TPSA) is 12.0 Å². The molecule has 0 rings (SSSR count). The summed E-state index contributed by atoms with van der Waals surface area (Å²) in [6.45, 7) is 13.5. The summed E-state index contributed by atoms with van der Waals surface area (Å²) in [6.07, 6.45) is 4.84. The first-order chi connectivity index (χ1) is 6.60. The van der Waals surface area contributed by atoms with E-state index in [1.54, 1.807) is 5.57 Å². The van der Waals surface area contributed by atoms with Crippen LogP contribution < -0.4 is 5.32 Å². The minimum absolute atomic E-state index is 0.728. The van der Waals surface area contributed by atoms with E-state index < -0.39 is 0 Å². The van der Waals surface area contributed by atoms with Crippen LogP contribution in [-0.2, 0) is 0 Å². The quantitative estimate of drug-likeness (QED) is 0.615. The van der Waals surface area contributed by atoms with Crippen LogP contribution in [0.25, 0.3) is 0 Å². The van der Waals surface area contributed by atoms with Crippen molar-refractivity contribution >= 4 is 0 Å². The molecule has 0 fully saturated rings. The Bertz CT molecular complexity index is 159. The molecule has 0 saturated carbocycles. The number of rotatable bonds is 7. The fraction of sp³-hybridized carbons (Fsp3) is 0.846. The highest BCUT2D eigenvalue weighted by molar-refractivity contribution is 5.05. The van der Waals surface area contributed by atoms with Gasteiger partial charge in [-0.1, -0.05) is 52.7 Å². The molecular weight excluding hydrogens is 170 g/mol. The number of hydrogen-bond donors (Lipinski definition) is 1. The predicted molar refractivity (Wildman–Crippen MR) is 65.5 cm³/mol. The molecule has 0 bridgehead atoms. The third-order valence-corrected chi connectivity index (χ3v) is 2.52. The lowest BCUT2D eigenvalue weighted by Crippen LogP contribution is -2.22. The summed E-state index contributed by atoms with van der Waals surface area (Å²) in [7, 11) is 0. The van der Waals surface area contributed by atoms with E-state index in [0.29, 0.717) is 0 Å². The van der Waals surface area contributed by atoms with E-state index in [-0.39, 0.29) is 0 Å². The highest BCUT2D eigenvalue weighted by Gasteiger charge is 1.99. The molecule has 14 heavy (non-hydrogen) atoms. The molecule has 0 saturated heterocycles. The van der Waals surface area contributed by atoms with Crippen LogP contribution in [0.4, 0.5) is 0 Å². The van der Waals surface area contributed by atoms with Gasteiger partial charge in [0.15, 0.2) is 0 Å². The van der Waals surface area contributed by atoms with E-state index in [2.05, 4.69) is 46.0 Å². The lowest BCUT2D eigenvalue weighted by Gasteiger charge is -2.11. The van der Waals surface area contributed by atoms with Crippen LogP contribution in [0.2, 0.25) is 0 Å². The van der Waals surface area contributed by atoms with Gasteiger partial charge >= 0.3 is 0 Å². The Morgan fingerprint density at radius 2 is 1.86 bits per heavy atom. The van der Waals surface area contributed by atoms with Crippen molar-refractivity contribution in [3.63, 3.8) is 0 Å². The Balaban J connectivity index is 3.84. The van der Waals surface area contributed by atoms with Crippen LogP contribution in [0.15, 0.2) is 11.6 Å². The summed E-state index contributed by atoms with van der Waals surface area (Å²) in [4.78, 5) is 0. The fourth-order valence-corrected chi connectivity index (χ4v) is 1.34. The Kier molecular flexibility index (Phi) is 7.87. The van der Waals surface area contributed by atoms with Crippen molar-refractivity contribution in [3.8, 4) is 0 Å². The maximum absolute atomic E-state index is 3.50. The Morgan fingerprint density at radius 3 is 2.29 bits per heavy atom. The van der Waals surface area contributed by atoms with Gasteiger partial charge in [-0.25, -0.2) is 0 Å². The largest absolute Gasteiger partial charge is 0.313 e. The monoisotopic (exact) mass is 197 g/mol. The first-order valence-corrected chi connectivity index (χ1v) is 6.00. The molecule has 1 heteroatoms. The molecule has 1 N–H and O–H groups in total. The first kappa shape index (κ1) is 13.7. The summed E-state index contributed by atoms with van der Waals surface area (Å²) < 4.78 is 0. The third kappa shape index (κ3) is 7.14. The molecule has 0 aliphatic carbocycles. The normalized spacial score (nSPS) is 14.9. The van der Waals surface area contributed by atoms with Gasteiger partial charge in [-0.3, -0.25) is 0 Å². The van der Waals surface area contributed by atoms with E-state index >= 15 is 0 Å². The lowest BCUT2D eigenvalue weighted by molar-refractivity contribution is 0.565. The average molecular weight is 197 g/mol. The van der Waals surface area contributed by atoms with Gasteiger partial charge in [0, 0.05) is 6.54 Å². The molecule has 1 nitrogen and oxygen atoms in total. The summed E-state index contributed by atoms with van der Waals surface area (Å²) in [5, 5.41) is 3.50. The second-order valence-corrected chi connectivity index (χ2v) is 4.59. The van der Waals surface area contributed by atoms with Gasteiger partial charge < -0.3 is 5.32 Å². The molecule has 0 spiro atoms. The number of allylic oxidation sites excluding steroid dienone is 1. The molecule has 0 aromatic rings. The molecule has 1 unspecified atom stereocenters. The van der Waals surface area contributed by atoms with Crippen molar-refractivity contribution in [2.24, 2.45) is 11.8 Å². The summed E-state index contributed by atoms with van der Waals surface area (Å²) >= 11 is 0. The van der Waals surface area contributed by atoms with E-state index in [0.717, 1.165) is 24.9 Å². The molecule has 84 valence electrons. The zero-order valence-corrected chi connectivity index (χ0v) is 10.6. The highest BCUT2D eigenvalue weighted by atomic mass is 14.9. The second kappa shape index (κ2) is 8.05. The SMILES string of the molecule is CC/C(=C/C(C)CC)CNCC(C)C. The van der Waals surface area contributed by atoms with Crippen LogP contribution in [0, 0.1) is 11.8 Å². The Labute approximate surface area is 90.0 Å². The fourth-order valence-electron chi connectivity index (χ4n) is 1.34. The molecule has 1 atom stereocenters. The van der Waals surface area contributed by atoms with Crippen LogP contribution in [0.3, 0.4) is 0 Å². The van der Waals surface area contributed by atoms with Gasteiger partial charge in [0.05, 0.1) is 0 Å². The first-order valence-electron chi connectivity index (χ1n) is 6.00. The molecule has 0 radical (unpaired) electrons. The van der Waals surface area contributed by atoms with Crippen LogP contribution in [0.5, 0.6) is 0 Å². The molecule has 0 aliphatic rings. The Morgan fingerprint density at radius 1 is 1.21 bits per heavy atom. The molecule has 0 aliphatic heterocycles. The molecule has 0 aromatic heterocycles. The zero-order chi connectivity index (χ0) is 11.0. The van der Waals surface area contributed by atoms with Crippen molar-refractivity contribution < 1.29 is 0 Å². The van der Waals surface area contributed by atoms with Gasteiger partial charge in [-0.15, -0.1) is 0 Å². The molecular formula is C13H27N. The van der Waals surface area contributed by atoms with Gasteiger partial charge in [0.1, 0.15) is 0 Å². The van der Waals surface area contributed by atoms with Crippen LogP contribution >= 0.6 is 0 Å². The van der Waals surface area contributed by atoms with Crippen molar-refractivity contribution in [3.05, 3.63) is 11.6 Å². The van der Waals surface area contributed by atoms with Crippen molar-refractivity contribution in [2.75, 3.05) is 13.1 Å². The van der Waals surface area contributed by atoms with Crippen molar-refractivity contribution in [1.29, 1.82) is 0 Å². The minimum Gasteiger partial charge on any atom is -0.313 e. The standard InChI is InChI=1S/C13H27N/c1-6-12(5)8-13(7-2)10-14-9-11(3)4/h8,11-12,14H,6-7,9-10H2,1-5H3/b13-8-. The van der Waals surface area contributed by atoms with Gasteiger partial charge in [-0.05, 0) is 24.8 Å².